The van der Waals surface area contributed by atoms with Gasteiger partial charge in [-0.3, -0.25) is 0 Å². The average molecular weight is 599 g/mol. The fourth-order valence-electron chi connectivity index (χ4n) is 4.13. The first-order valence-electron chi connectivity index (χ1n) is 11.7. The first kappa shape index (κ1) is 26.3. The highest BCUT2D eigenvalue weighted by atomic mass is 79.9. The second-order valence-corrected chi connectivity index (χ2v) is 10.5. The number of piperidine rings is 1. The van der Waals surface area contributed by atoms with Crippen molar-refractivity contribution in [3.05, 3.63) is 79.2 Å². The minimum atomic E-state index is 0.300. The van der Waals surface area contributed by atoms with E-state index in [9.17, 15) is 0 Å². The number of hydrogen-bond donors (Lipinski definition) is 1. The van der Waals surface area contributed by atoms with Crippen molar-refractivity contribution in [2.75, 3.05) is 29.9 Å². The van der Waals surface area contributed by atoms with E-state index in [0.29, 0.717) is 41.3 Å². The molecular formula is C27H28BrCl3N2O2. The fraction of sp³-hybridized carbons (Fsp3) is 0.333. The van der Waals surface area contributed by atoms with E-state index in [-0.39, 0.29) is 0 Å². The third-order valence-corrected chi connectivity index (χ3v) is 7.38. The number of rotatable bonds is 9. The van der Waals surface area contributed by atoms with Gasteiger partial charge in [0.2, 0.25) is 0 Å². The molecule has 1 saturated heterocycles. The van der Waals surface area contributed by atoms with Crippen LogP contribution in [0.15, 0.2) is 53.0 Å². The van der Waals surface area contributed by atoms with E-state index in [1.807, 2.05) is 31.2 Å². The number of anilines is 2. The molecule has 3 aromatic carbocycles. The van der Waals surface area contributed by atoms with Crippen LogP contribution in [0.3, 0.4) is 0 Å². The van der Waals surface area contributed by atoms with Gasteiger partial charge in [-0.1, -0.05) is 40.9 Å². The van der Waals surface area contributed by atoms with Gasteiger partial charge in [-0.25, -0.2) is 0 Å². The van der Waals surface area contributed by atoms with E-state index in [2.05, 4.69) is 38.3 Å². The first-order valence-corrected chi connectivity index (χ1v) is 13.7. The van der Waals surface area contributed by atoms with Crippen molar-refractivity contribution in [2.24, 2.45) is 0 Å². The lowest BCUT2D eigenvalue weighted by molar-refractivity contribution is 0.267. The molecule has 0 aromatic heterocycles. The Bertz CT molecular complexity index is 1170. The van der Waals surface area contributed by atoms with Crippen molar-refractivity contribution in [1.29, 1.82) is 0 Å². The maximum atomic E-state index is 6.62. The van der Waals surface area contributed by atoms with Gasteiger partial charge < -0.3 is 19.7 Å². The van der Waals surface area contributed by atoms with Crippen LogP contribution < -0.4 is 19.7 Å². The van der Waals surface area contributed by atoms with E-state index < -0.39 is 0 Å². The molecule has 0 bridgehead atoms. The van der Waals surface area contributed by atoms with E-state index >= 15 is 0 Å². The molecule has 0 radical (unpaired) electrons. The molecule has 0 unspecified atom stereocenters. The number of nitrogens with one attached hydrogen (secondary N) is 1. The summed E-state index contributed by atoms with van der Waals surface area (Å²) in [4.78, 5) is 2.37. The van der Waals surface area contributed by atoms with E-state index in [1.165, 1.54) is 19.3 Å². The molecule has 0 atom stereocenters. The van der Waals surface area contributed by atoms with Crippen molar-refractivity contribution < 1.29 is 9.47 Å². The Morgan fingerprint density at radius 2 is 1.71 bits per heavy atom. The van der Waals surface area contributed by atoms with Crippen molar-refractivity contribution in [1.82, 2.24) is 0 Å². The lowest BCUT2D eigenvalue weighted by Gasteiger charge is -2.29. The van der Waals surface area contributed by atoms with Gasteiger partial charge in [-0.05, 0) is 90.1 Å². The number of nitrogens with zero attached hydrogens (tertiary/aromatic N) is 1. The summed E-state index contributed by atoms with van der Waals surface area (Å²) in [7, 11) is 0. The smallest absolute Gasteiger partial charge is 0.175 e. The van der Waals surface area contributed by atoms with Crippen LogP contribution in [-0.2, 0) is 13.2 Å². The quantitative estimate of drug-likeness (QED) is 0.267. The van der Waals surface area contributed by atoms with E-state index in [4.69, 9.17) is 44.3 Å². The second-order valence-electron chi connectivity index (χ2n) is 8.43. The lowest BCUT2D eigenvalue weighted by atomic mass is 10.1. The molecule has 186 valence electrons. The standard InChI is InChI=1S/C27H28BrCl3N2O2/c1-2-34-26-13-18(12-22(28)27(26)35-17-19-6-7-20(29)14-23(19)30)16-32-21-8-9-25(24(31)15-21)33-10-4-3-5-11-33/h6-9,12-15,32H,2-5,10-11,16-17H2,1H3. The largest absolute Gasteiger partial charge is 0.490 e. The molecule has 1 fully saturated rings. The van der Waals surface area contributed by atoms with Gasteiger partial charge in [0.05, 0.1) is 21.8 Å². The predicted octanol–water partition coefficient (Wildman–Crippen LogP) is 8.99. The van der Waals surface area contributed by atoms with Gasteiger partial charge in [0.25, 0.3) is 0 Å². The number of ether oxygens (including phenoxy) is 2. The summed E-state index contributed by atoms with van der Waals surface area (Å²) in [5, 5.41) is 5.40. The van der Waals surface area contributed by atoms with Crippen LogP contribution in [0, 0.1) is 0 Å². The van der Waals surface area contributed by atoms with Crippen LogP contribution in [0.2, 0.25) is 15.1 Å². The summed E-state index contributed by atoms with van der Waals surface area (Å²) in [6.45, 7) is 5.52. The highest BCUT2D eigenvalue weighted by Gasteiger charge is 2.16. The molecule has 1 aliphatic rings. The Hall–Kier alpha value is -1.79. The topological polar surface area (TPSA) is 33.7 Å². The highest BCUT2D eigenvalue weighted by Crippen LogP contribution is 2.38. The van der Waals surface area contributed by atoms with Gasteiger partial charge in [0.15, 0.2) is 11.5 Å². The van der Waals surface area contributed by atoms with Crippen LogP contribution in [0.25, 0.3) is 0 Å². The molecule has 0 amide bonds. The maximum Gasteiger partial charge on any atom is 0.175 e. The molecule has 4 nitrogen and oxygen atoms in total. The Labute approximate surface area is 230 Å². The van der Waals surface area contributed by atoms with Crippen molar-refractivity contribution in [3.63, 3.8) is 0 Å². The van der Waals surface area contributed by atoms with Crippen LogP contribution in [0.1, 0.15) is 37.3 Å². The second kappa shape index (κ2) is 12.4. The normalized spacial score (nSPS) is 13.6. The average Bonchev–Trinajstić information content (AvgIpc) is 2.84. The third kappa shape index (κ3) is 6.91. The molecule has 35 heavy (non-hydrogen) atoms. The van der Waals surface area contributed by atoms with Gasteiger partial charge in [-0.2, -0.15) is 0 Å². The van der Waals surface area contributed by atoms with E-state index in [0.717, 1.165) is 45.1 Å². The van der Waals surface area contributed by atoms with Gasteiger partial charge in [0, 0.05) is 40.9 Å². The fourth-order valence-corrected chi connectivity index (χ4v) is 5.49. The predicted molar refractivity (Wildman–Crippen MR) is 151 cm³/mol. The summed E-state index contributed by atoms with van der Waals surface area (Å²) in [5.41, 5.74) is 3.98. The van der Waals surface area contributed by atoms with Crippen LogP contribution in [-0.4, -0.2) is 19.7 Å². The minimum absolute atomic E-state index is 0.300. The van der Waals surface area contributed by atoms with Crippen LogP contribution in [0.4, 0.5) is 11.4 Å². The summed E-state index contributed by atoms with van der Waals surface area (Å²) in [6.07, 6.45) is 3.74. The summed E-state index contributed by atoms with van der Waals surface area (Å²) < 4.78 is 12.8. The molecule has 8 heteroatoms. The van der Waals surface area contributed by atoms with E-state index in [1.54, 1.807) is 12.1 Å². The molecule has 0 saturated carbocycles. The van der Waals surface area contributed by atoms with Crippen molar-refractivity contribution >= 4 is 62.1 Å². The molecule has 4 rings (SSSR count). The molecule has 1 aliphatic heterocycles. The number of halogens is 4. The van der Waals surface area contributed by atoms with Crippen LogP contribution in [0.5, 0.6) is 11.5 Å². The first-order chi connectivity index (χ1) is 16.9. The summed E-state index contributed by atoms with van der Waals surface area (Å²) in [6, 6.07) is 15.6. The molecule has 0 spiro atoms. The third-order valence-electron chi connectivity index (χ3n) is 5.90. The highest BCUT2D eigenvalue weighted by molar-refractivity contribution is 9.10. The summed E-state index contributed by atoms with van der Waals surface area (Å²) in [5.74, 6) is 1.30. The lowest BCUT2D eigenvalue weighted by Crippen LogP contribution is -2.29. The molecule has 1 heterocycles. The maximum absolute atomic E-state index is 6.62. The zero-order valence-electron chi connectivity index (χ0n) is 19.6. The Morgan fingerprint density at radius 3 is 2.43 bits per heavy atom. The molecule has 0 aliphatic carbocycles. The van der Waals surface area contributed by atoms with Crippen molar-refractivity contribution in [3.8, 4) is 11.5 Å². The number of benzene rings is 3. The monoisotopic (exact) mass is 596 g/mol. The van der Waals surface area contributed by atoms with Crippen LogP contribution >= 0.6 is 50.7 Å². The Morgan fingerprint density at radius 1 is 0.914 bits per heavy atom. The molecular weight excluding hydrogens is 571 g/mol. The minimum Gasteiger partial charge on any atom is -0.490 e. The van der Waals surface area contributed by atoms with Gasteiger partial charge in [-0.15, -0.1) is 0 Å². The van der Waals surface area contributed by atoms with Gasteiger partial charge >= 0.3 is 0 Å². The number of hydrogen-bond acceptors (Lipinski definition) is 4. The van der Waals surface area contributed by atoms with Gasteiger partial charge in [0.1, 0.15) is 6.61 Å². The molecule has 1 N–H and O–H groups in total. The summed E-state index contributed by atoms with van der Waals surface area (Å²) >= 11 is 22.6. The Kier molecular flexibility index (Phi) is 9.34. The van der Waals surface area contributed by atoms with Crippen molar-refractivity contribution in [2.45, 2.75) is 39.3 Å². The SMILES string of the molecule is CCOc1cc(CNc2ccc(N3CCCCC3)c(Cl)c2)cc(Br)c1OCc1ccc(Cl)cc1Cl. The Balaban J connectivity index is 1.45. The molecule has 3 aromatic rings. The zero-order valence-corrected chi connectivity index (χ0v) is 23.4. The zero-order chi connectivity index (χ0) is 24.8.